The van der Waals surface area contributed by atoms with Gasteiger partial charge < -0.3 is 20.3 Å². The Kier molecular flexibility index (Phi) is 7.82. The third kappa shape index (κ3) is 4.72. The van der Waals surface area contributed by atoms with Crippen LogP contribution in [0.15, 0.2) is 17.5 Å². The van der Waals surface area contributed by atoms with E-state index >= 15 is 0 Å². The molecule has 1 atom stereocenters. The maximum absolute atomic E-state index is 5.26. The van der Waals surface area contributed by atoms with Crippen molar-refractivity contribution in [1.82, 2.24) is 30.0 Å². The predicted molar refractivity (Wildman–Crippen MR) is 113 cm³/mol. The molecule has 0 radical (unpaired) electrons. The van der Waals surface area contributed by atoms with Gasteiger partial charge in [-0.25, -0.2) is 9.97 Å². The zero-order valence-corrected chi connectivity index (χ0v) is 17.8. The Bertz CT molecular complexity index is 734. The van der Waals surface area contributed by atoms with E-state index in [2.05, 4.69) is 35.6 Å². The van der Waals surface area contributed by atoms with Gasteiger partial charge in [-0.15, -0.1) is 24.0 Å². The summed E-state index contributed by atoms with van der Waals surface area (Å²) in [6, 6.07) is 0. The highest BCUT2D eigenvalue weighted by Gasteiger charge is 2.24. The number of halogens is 1. The van der Waals surface area contributed by atoms with Crippen LogP contribution >= 0.6 is 24.0 Å². The standard InChI is InChI=1S/C16H26N8O.HI/c1-17-16(24-7-4-12(9-24)10-25-3)19-6-5-18-14-13-8-22-23(2)15(13)21-11-20-14;/h8,11-12H,4-7,9-10H2,1-3H3,(H,17,19)(H,18,20,21);1H. The Morgan fingerprint density at radius 2 is 2.23 bits per heavy atom. The van der Waals surface area contributed by atoms with Gasteiger partial charge in [-0.05, 0) is 6.42 Å². The van der Waals surface area contributed by atoms with Gasteiger partial charge >= 0.3 is 0 Å². The van der Waals surface area contributed by atoms with E-state index in [4.69, 9.17) is 4.74 Å². The quantitative estimate of drug-likeness (QED) is 0.279. The average Bonchev–Trinajstić information content (AvgIpc) is 3.23. The number of rotatable bonds is 6. The molecule has 0 aliphatic carbocycles. The highest BCUT2D eigenvalue weighted by molar-refractivity contribution is 14.0. The molecule has 1 unspecified atom stereocenters. The SMILES string of the molecule is CN=C(NCCNc1ncnc2c1cnn2C)N1CCC(COC)C1.I. The molecule has 0 bridgehead atoms. The van der Waals surface area contributed by atoms with Crippen molar-refractivity contribution in [3.8, 4) is 0 Å². The summed E-state index contributed by atoms with van der Waals surface area (Å²) in [6.07, 6.45) is 4.48. The smallest absolute Gasteiger partial charge is 0.193 e. The van der Waals surface area contributed by atoms with Crippen molar-refractivity contribution in [2.45, 2.75) is 6.42 Å². The number of anilines is 1. The lowest BCUT2D eigenvalue weighted by Crippen LogP contribution is -2.42. The summed E-state index contributed by atoms with van der Waals surface area (Å²) in [5.74, 6) is 2.33. The number of guanidine groups is 1. The van der Waals surface area contributed by atoms with Crippen LogP contribution in [0, 0.1) is 5.92 Å². The maximum atomic E-state index is 5.26. The first-order chi connectivity index (χ1) is 12.2. The Hall–Kier alpha value is -1.69. The van der Waals surface area contributed by atoms with Gasteiger partial charge in [-0.1, -0.05) is 0 Å². The van der Waals surface area contributed by atoms with Crippen molar-refractivity contribution in [1.29, 1.82) is 0 Å². The lowest BCUT2D eigenvalue weighted by molar-refractivity contribution is 0.157. The summed E-state index contributed by atoms with van der Waals surface area (Å²) < 4.78 is 7.00. The summed E-state index contributed by atoms with van der Waals surface area (Å²) in [7, 11) is 5.45. The van der Waals surface area contributed by atoms with Crippen LogP contribution in [0.2, 0.25) is 0 Å². The molecule has 1 fully saturated rings. The number of aryl methyl sites for hydroxylation is 1. The zero-order valence-electron chi connectivity index (χ0n) is 15.5. The Labute approximate surface area is 170 Å². The Morgan fingerprint density at radius 1 is 1.38 bits per heavy atom. The number of aromatic nitrogens is 4. The van der Waals surface area contributed by atoms with Gasteiger partial charge in [0.05, 0.1) is 18.2 Å². The van der Waals surface area contributed by atoms with E-state index in [9.17, 15) is 0 Å². The molecule has 0 aromatic carbocycles. The molecular formula is C16H27IN8O. The van der Waals surface area contributed by atoms with E-state index < -0.39 is 0 Å². The molecule has 10 heteroatoms. The van der Waals surface area contributed by atoms with E-state index in [-0.39, 0.29) is 24.0 Å². The van der Waals surface area contributed by atoms with Gasteiger partial charge in [0.15, 0.2) is 11.6 Å². The molecule has 1 aliphatic rings. The summed E-state index contributed by atoms with van der Waals surface area (Å²) >= 11 is 0. The minimum Gasteiger partial charge on any atom is -0.384 e. The van der Waals surface area contributed by atoms with Crippen LogP contribution in [0.4, 0.5) is 5.82 Å². The van der Waals surface area contributed by atoms with Gasteiger partial charge in [0.1, 0.15) is 12.1 Å². The van der Waals surface area contributed by atoms with Gasteiger partial charge in [0.25, 0.3) is 0 Å². The first-order valence-electron chi connectivity index (χ1n) is 8.54. The van der Waals surface area contributed by atoms with E-state index in [1.54, 1.807) is 24.3 Å². The van der Waals surface area contributed by atoms with Gasteiger partial charge in [0.2, 0.25) is 0 Å². The van der Waals surface area contributed by atoms with E-state index in [0.717, 1.165) is 62.0 Å². The summed E-state index contributed by atoms with van der Waals surface area (Å²) in [4.78, 5) is 15.2. The van der Waals surface area contributed by atoms with Crippen molar-refractivity contribution in [3.05, 3.63) is 12.5 Å². The fourth-order valence-corrected chi connectivity index (χ4v) is 3.19. The van der Waals surface area contributed by atoms with Crippen LogP contribution in [0.1, 0.15) is 6.42 Å². The maximum Gasteiger partial charge on any atom is 0.193 e. The number of fused-ring (bicyclic) bond motifs is 1. The molecule has 26 heavy (non-hydrogen) atoms. The third-order valence-corrected chi connectivity index (χ3v) is 4.43. The highest BCUT2D eigenvalue weighted by atomic mass is 127. The number of nitrogens with zero attached hydrogens (tertiary/aromatic N) is 6. The molecule has 1 saturated heterocycles. The van der Waals surface area contributed by atoms with Gasteiger partial charge in [-0.3, -0.25) is 9.67 Å². The normalized spacial score (nSPS) is 17.4. The molecule has 0 spiro atoms. The number of ether oxygens (including phenoxy) is 1. The Morgan fingerprint density at radius 3 is 3.00 bits per heavy atom. The minimum absolute atomic E-state index is 0. The molecule has 1 aliphatic heterocycles. The number of hydrogen-bond donors (Lipinski definition) is 2. The second-order valence-electron chi connectivity index (χ2n) is 6.18. The van der Waals surface area contributed by atoms with Gasteiger partial charge in [-0.2, -0.15) is 5.10 Å². The largest absolute Gasteiger partial charge is 0.384 e. The van der Waals surface area contributed by atoms with E-state index in [1.807, 2.05) is 14.1 Å². The molecule has 2 N–H and O–H groups in total. The van der Waals surface area contributed by atoms with E-state index in [0.29, 0.717) is 5.92 Å². The van der Waals surface area contributed by atoms with Crippen molar-refractivity contribution < 1.29 is 4.74 Å². The number of methoxy groups -OCH3 is 1. The number of nitrogens with one attached hydrogen (secondary N) is 2. The third-order valence-electron chi connectivity index (χ3n) is 4.43. The summed E-state index contributed by atoms with van der Waals surface area (Å²) in [6.45, 7) is 4.30. The molecule has 144 valence electrons. The lowest BCUT2D eigenvalue weighted by atomic mass is 10.1. The molecule has 2 aromatic heterocycles. The van der Waals surface area contributed by atoms with Crippen molar-refractivity contribution >= 4 is 46.8 Å². The second kappa shape index (κ2) is 9.86. The van der Waals surface area contributed by atoms with Crippen LogP contribution in [0.5, 0.6) is 0 Å². The molecule has 0 amide bonds. The van der Waals surface area contributed by atoms with Crippen molar-refractivity contribution in [2.75, 3.05) is 52.3 Å². The fraction of sp³-hybridized carbons (Fsp3) is 0.625. The summed E-state index contributed by atoms with van der Waals surface area (Å²) in [5.41, 5.74) is 0.822. The molecular weight excluding hydrogens is 447 g/mol. The van der Waals surface area contributed by atoms with Crippen LogP contribution in [-0.2, 0) is 11.8 Å². The second-order valence-corrected chi connectivity index (χ2v) is 6.18. The monoisotopic (exact) mass is 474 g/mol. The molecule has 3 rings (SSSR count). The molecule has 3 heterocycles. The highest BCUT2D eigenvalue weighted by Crippen LogP contribution is 2.17. The van der Waals surface area contributed by atoms with Crippen LogP contribution in [0.25, 0.3) is 11.0 Å². The number of likely N-dealkylation sites (tertiary alicyclic amines) is 1. The number of aliphatic imine (C=N–C) groups is 1. The van der Waals surface area contributed by atoms with Crippen molar-refractivity contribution in [2.24, 2.45) is 18.0 Å². The molecule has 0 saturated carbocycles. The minimum atomic E-state index is 0. The summed E-state index contributed by atoms with van der Waals surface area (Å²) in [5, 5.41) is 11.9. The van der Waals surface area contributed by atoms with Crippen LogP contribution < -0.4 is 10.6 Å². The van der Waals surface area contributed by atoms with Gasteiger partial charge in [0, 0.05) is 53.3 Å². The van der Waals surface area contributed by atoms with Crippen LogP contribution in [-0.4, -0.2) is 77.6 Å². The fourth-order valence-electron chi connectivity index (χ4n) is 3.19. The average molecular weight is 474 g/mol. The first-order valence-corrected chi connectivity index (χ1v) is 8.54. The van der Waals surface area contributed by atoms with Crippen molar-refractivity contribution in [3.63, 3.8) is 0 Å². The molecule has 9 nitrogen and oxygen atoms in total. The zero-order chi connectivity index (χ0) is 17.6. The lowest BCUT2D eigenvalue weighted by Gasteiger charge is -2.21. The van der Waals surface area contributed by atoms with Crippen LogP contribution in [0.3, 0.4) is 0 Å². The number of hydrogen-bond acceptors (Lipinski definition) is 6. The Balaban J connectivity index is 0.00000243. The predicted octanol–water partition coefficient (Wildman–Crippen LogP) is 0.937. The topological polar surface area (TPSA) is 92.5 Å². The first kappa shape index (κ1) is 20.6. The van der Waals surface area contributed by atoms with E-state index in [1.165, 1.54) is 0 Å². The molecule has 2 aromatic rings.